The van der Waals surface area contributed by atoms with Crippen molar-refractivity contribution in [3.63, 3.8) is 0 Å². The van der Waals surface area contributed by atoms with Gasteiger partial charge in [-0.05, 0) is 81.3 Å². The van der Waals surface area contributed by atoms with Crippen LogP contribution in [0.5, 0.6) is 0 Å². The van der Waals surface area contributed by atoms with Crippen LogP contribution in [-0.2, 0) is 0 Å². The summed E-state index contributed by atoms with van der Waals surface area (Å²) in [5.74, 6) is 4.11. The number of aromatic nitrogens is 5. The second kappa shape index (κ2) is 18.3. The number of nitrogens with zero attached hydrogens (tertiary/aromatic N) is 5. The molecule has 0 aliphatic heterocycles. The van der Waals surface area contributed by atoms with Crippen LogP contribution < -0.4 is 0 Å². The third-order valence-electron chi connectivity index (χ3n) is 9.39. The molecule has 3 aromatic heterocycles. The highest BCUT2D eigenvalue weighted by Gasteiger charge is 2.19. The minimum absolute atomic E-state index is 0.612. The summed E-state index contributed by atoms with van der Waals surface area (Å²) < 4.78 is 3.34. The van der Waals surface area contributed by atoms with Crippen molar-refractivity contribution in [3.05, 3.63) is 186 Å². The van der Waals surface area contributed by atoms with Crippen LogP contribution in [0.15, 0.2) is 158 Å². The summed E-state index contributed by atoms with van der Waals surface area (Å²) in [7, 11) is 0.907. The molecule has 7 heteroatoms. The van der Waals surface area contributed by atoms with Gasteiger partial charge in [-0.3, -0.25) is 0 Å². The molecule has 0 amide bonds. The van der Waals surface area contributed by atoms with Crippen LogP contribution in [0.2, 0.25) is 6.82 Å². The van der Waals surface area contributed by atoms with Gasteiger partial charge in [0.2, 0.25) is 0 Å². The predicted octanol–water partition coefficient (Wildman–Crippen LogP) is 12.9. The molecule has 0 bridgehead atoms. The Hall–Kier alpha value is -6.44. The molecule has 0 aliphatic rings. The topological polar surface area (TPSA) is 56.5 Å². The van der Waals surface area contributed by atoms with E-state index < -0.39 is 0 Å². The third-order valence-corrected chi connectivity index (χ3v) is 10.5. The monoisotopic (exact) mass is 747 g/mol. The van der Waals surface area contributed by atoms with Crippen molar-refractivity contribution < 1.29 is 0 Å². The summed E-state index contributed by atoms with van der Waals surface area (Å²) in [6.07, 6.45) is 20.5. The molecule has 3 heterocycles. The molecule has 0 N–H and O–H groups in total. The standard InChI is InChI=1S/C49H46BN5S/c1-9-14-26-40(32-50-8)55-34(7)42(41(13-5)44(55)21-10-2)29-33(6)35(11-3)30-36(12-4)49-51-43-28-27-39(31-45(43)56-49)48-53-46(37-22-17-15-18-23-37)52-47(54-48)38-24-19-16-20-25-38/h9-32,50H,1,4-5H2,2-3,6-8H3/b21-10-,26-14-,33-29+,35-11+,36-30+,40-32+. The number of benzene rings is 3. The van der Waals surface area contributed by atoms with Crippen molar-refractivity contribution in [1.82, 2.24) is 24.5 Å². The maximum Gasteiger partial charge on any atom is 0.164 e. The van der Waals surface area contributed by atoms with Gasteiger partial charge >= 0.3 is 0 Å². The molecule has 0 aliphatic carbocycles. The predicted molar refractivity (Wildman–Crippen MR) is 245 cm³/mol. The Balaban J connectivity index is 1.38. The average Bonchev–Trinajstić information content (AvgIpc) is 3.77. The largest absolute Gasteiger partial charge is 0.314 e. The van der Waals surface area contributed by atoms with Crippen molar-refractivity contribution >= 4 is 58.3 Å². The van der Waals surface area contributed by atoms with E-state index in [1.807, 2.05) is 104 Å². The van der Waals surface area contributed by atoms with Gasteiger partial charge in [-0.25, -0.2) is 19.9 Å². The molecule has 0 fully saturated rings. The molecular weight excluding hydrogens is 701 g/mol. The Morgan fingerprint density at radius 1 is 0.804 bits per heavy atom. The molecule has 0 spiro atoms. The molecule has 0 radical (unpaired) electrons. The summed E-state index contributed by atoms with van der Waals surface area (Å²) in [6, 6.07) is 26.2. The smallest absolute Gasteiger partial charge is 0.164 e. The van der Waals surface area contributed by atoms with Gasteiger partial charge in [0.25, 0.3) is 0 Å². The Morgan fingerprint density at radius 2 is 1.45 bits per heavy atom. The van der Waals surface area contributed by atoms with Crippen LogP contribution in [0, 0.1) is 6.92 Å². The van der Waals surface area contributed by atoms with Crippen molar-refractivity contribution in [2.24, 2.45) is 0 Å². The molecule has 56 heavy (non-hydrogen) atoms. The van der Waals surface area contributed by atoms with Gasteiger partial charge in [-0.1, -0.05) is 130 Å². The Morgan fingerprint density at radius 3 is 2.00 bits per heavy atom. The zero-order valence-electron chi connectivity index (χ0n) is 32.8. The van der Waals surface area contributed by atoms with E-state index in [1.165, 1.54) is 0 Å². The minimum atomic E-state index is 0.612. The number of hydrogen-bond acceptors (Lipinski definition) is 5. The molecule has 6 rings (SSSR count). The summed E-state index contributed by atoms with van der Waals surface area (Å²) in [5.41, 5.74) is 12.4. The van der Waals surface area contributed by atoms with E-state index in [1.54, 1.807) is 11.3 Å². The van der Waals surface area contributed by atoms with Gasteiger partial charge < -0.3 is 4.57 Å². The number of rotatable bonds is 14. The summed E-state index contributed by atoms with van der Waals surface area (Å²) in [6.45, 7) is 22.9. The fourth-order valence-corrected chi connectivity index (χ4v) is 7.66. The van der Waals surface area contributed by atoms with Gasteiger partial charge in [0, 0.05) is 44.8 Å². The van der Waals surface area contributed by atoms with E-state index in [9.17, 15) is 0 Å². The molecule has 0 atom stereocenters. The SMILES string of the molecule is C=C/C=C\C(=C/BC)n1c(C)c(/C=C(C)/C(=C/C)/C=C(\C=C)c2nc3ccc(-c4nc(-c5ccccc5)nc(-c5ccccc5)n4)cc3s2)c(C=C)c1/C=C\C. The maximum absolute atomic E-state index is 5.05. The number of hydrogen-bond donors (Lipinski definition) is 0. The first-order valence-electron chi connectivity index (χ1n) is 18.8. The molecule has 3 aromatic carbocycles. The number of thiazole rings is 1. The van der Waals surface area contributed by atoms with Gasteiger partial charge in [-0.15, -0.1) is 11.3 Å². The maximum atomic E-state index is 5.05. The number of allylic oxidation sites excluding steroid dienone is 11. The van der Waals surface area contributed by atoms with Gasteiger partial charge in [-0.2, -0.15) is 0 Å². The molecule has 0 saturated carbocycles. The molecule has 0 saturated heterocycles. The lowest BCUT2D eigenvalue weighted by Gasteiger charge is -2.12. The second-order valence-electron chi connectivity index (χ2n) is 13.1. The molecule has 276 valence electrons. The van der Waals surface area contributed by atoms with Crippen LogP contribution in [0.4, 0.5) is 0 Å². The van der Waals surface area contributed by atoms with E-state index in [-0.39, 0.29) is 0 Å². The Labute approximate surface area is 335 Å². The Bertz CT molecular complexity index is 2540. The zero-order chi connectivity index (χ0) is 39.6. The van der Waals surface area contributed by atoms with E-state index in [0.717, 1.165) is 84.1 Å². The highest BCUT2D eigenvalue weighted by atomic mass is 32.1. The van der Waals surface area contributed by atoms with Crippen LogP contribution >= 0.6 is 11.3 Å². The van der Waals surface area contributed by atoms with Crippen molar-refractivity contribution in [3.8, 4) is 34.2 Å². The van der Waals surface area contributed by atoms with Gasteiger partial charge in [0.1, 0.15) is 12.3 Å². The first-order chi connectivity index (χ1) is 27.3. The lowest BCUT2D eigenvalue weighted by Crippen LogP contribution is -2.01. The molecule has 5 nitrogen and oxygen atoms in total. The van der Waals surface area contributed by atoms with Crippen LogP contribution in [0.1, 0.15) is 48.3 Å². The van der Waals surface area contributed by atoms with Crippen LogP contribution in [0.3, 0.4) is 0 Å². The van der Waals surface area contributed by atoms with Gasteiger partial charge in [0.15, 0.2) is 17.5 Å². The lowest BCUT2D eigenvalue weighted by molar-refractivity contribution is 1.04. The second-order valence-corrected chi connectivity index (χ2v) is 14.1. The van der Waals surface area contributed by atoms with Crippen molar-refractivity contribution in [2.45, 2.75) is 34.5 Å². The zero-order valence-corrected chi connectivity index (χ0v) is 33.6. The normalized spacial score (nSPS) is 12.9. The fourth-order valence-electron chi connectivity index (χ4n) is 6.64. The highest BCUT2D eigenvalue weighted by molar-refractivity contribution is 7.19. The quantitative estimate of drug-likeness (QED) is 0.0822. The van der Waals surface area contributed by atoms with Gasteiger partial charge in [0.05, 0.1) is 15.9 Å². The minimum Gasteiger partial charge on any atom is -0.314 e. The summed E-state index contributed by atoms with van der Waals surface area (Å²) in [4.78, 5) is 19.8. The first-order valence-corrected chi connectivity index (χ1v) is 19.6. The molecular formula is C49H46BN5S. The highest BCUT2D eigenvalue weighted by Crippen LogP contribution is 2.35. The van der Waals surface area contributed by atoms with E-state index in [2.05, 4.69) is 100 Å². The van der Waals surface area contributed by atoms with E-state index in [0.29, 0.717) is 17.5 Å². The van der Waals surface area contributed by atoms with E-state index >= 15 is 0 Å². The molecule has 0 unspecified atom stereocenters. The average molecular weight is 748 g/mol. The fraction of sp³-hybridized carbons (Fsp3) is 0.102. The van der Waals surface area contributed by atoms with Crippen LogP contribution in [-0.4, -0.2) is 31.8 Å². The number of fused-ring (bicyclic) bond motifs is 1. The van der Waals surface area contributed by atoms with E-state index in [4.69, 9.17) is 19.9 Å². The van der Waals surface area contributed by atoms with Crippen molar-refractivity contribution in [2.75, 3.05) is 0 Å². The lowest BCUT2D eigenvalue weighted by atomic mass is 9.81. The third kappa shape index (κ3) is 8.44. The molecule has 6 aromatic rings. The van der Waals surface area contributed by atoms with Crippen LogP contribution in [0.25, 0.3) is 73.9 Å². The first kappa shape index (κ1) is 39.3. The Kier molecular flexibility index (Phi) is 12.8. The van der Waals surface area contributed by atoms with Crippen molar-refractivity contribution in [1.29, 1.82) is 0 Å². The summed E-state index contributed by atoms with van der Waals surface area (Å²) in [5, 5.41) is 0.887. The summed E-state index contributed by atoms with van der Waals surface area (Å²) >= 11 is 1.63.